The minimum absolute atomic E-state index is 0.00445. The highest BCUT2D eigenvalue weighted by molar-refractivity contribution is 5.72. The molecule has 0 unspecified atom stereocenters. The Bertz CT molecular complexity index is 400. The fourth-order valence-corrected chi connectivity index (χ4v) is 2.44. The standard InChI is InChI=1S/C13H16FNO2/c1-17-13(16)10-7-5-9(6-8-10)11-3-2-4-12(14)15-11/h2-4,9-10H,5-8H2,1H3. The molecule has 1 aromatic rings. The van der Waals surface area contributed by atoms with E-state index in [1.54, 1.807) is 6.07 Å². The van der Waals surface area contributed by atoms with Crippen LogP contribution in [0.15, 0.2) is 18.2 Å². The van der Waals surface area contributed by atoms with E-state index < -0.39 is 5.95 Å². The number of carbonyl (C=O) groups is 1. The summed E-state index contributed by atoms with van der Waals surface area (Å²) < 4.78 is 17.7. The summed E-state index contributed by atoms with van der Waals surface area (Å²) in [6, 6.07) is 4.89. The Labute approximate surface area is 100 Å². The van der Waals surface area contributed by atoms with Gasteiger partial charge in [0.05, 0.1) is 13.0 Å². The predicted molar refractivity (Wildman–Crippen MR) is 60.9 cm³/mol. The average Bonchev–Trinajstić information content (AvgIpc) is 2.38. The molecule has 0 amide bonds. The fraction of sp³-hybridized carbons (Fsp3) is 0.538. The van der Waals surface area contributed by atoms with Gasteiger partial charge in [0.25, 0.3) is 0 Å². The van der Waals surface area contributed by atoms with E-state index >= 15 is 0 Å². The number of carbonyl (C=O) groups excluding carboxylic acids is 1. The first-order valence-corrected chi connectivity index (χ1v) is 5.91. The van der Waals surface area contributed by atoms with Gasteiger partial charge >= 0.3 is 5.97 Å². The Balaban J connectivity index is 1.97. The molecule has 0 atom stereocenters. The lowest BCUT2D eigenvalue weighted by Crippen LogP contribution is -2.22. The van der Waals surface area contributed by atoms with Gasteiger partial charge in [0, 0.05) is 11.6 Å². The van der Waals surface area contributed by atoms with Crippen LogP contribution in [-0.2, 0) is 9.53 Å². The molecule has 1 aromatic heterocycles. The summed E-state index contributed by atoms with van der Waals surface area (Å²) in [7, 11) is 1.42. The molecule has 1 fully saturated rings. The Hall–Kier alpha value is -1.45. The monoisotopic (exact) mass is 237 g/mol. The van der Waals surface area contributed by atoms with Crippen molar-refractivity contribution >= 4 is 5.97 Å². The van der Waals surface area contributed by atoms with Gasteiger partial charge in [0.2, 0.25) is 5.95 Å². The highest BCUT2D eigenvalue weighted by Gasteiger charge is 2.28. The molecule has 4 heteroatoms. The van der Waals surface area contributed by atoms with Crippen LogP contribution in [0.4, 0.5) is 4.39 Å². The second-order valence-corrected chi connectivity index (χ2v) is 4.46. The van der Waals surface area contributed by atoms with Crippen molar-refractivity contribution in [3.05, 3.63) is 29.8 Å². The van der Waals surface area contributed by atoms with Crippen LogP contribution in [0.5, 0.6) is 0 Å². The quantitative estimate of drug-likeness (QED) is 0.586. The number of hydrogen-bond acceptors (Lipinski definition) is 3. The molecule has 1 aliphatic rings. The van der Waals surface area contributed by atoms with Crippen LogP contribution < -0.4 is 0 Å². The average molecular weight is 237 g/mol. The van der Waals surface area contributed by atoms with Crippen LogP contribution in [0.3, 0.4) is 0 Å². The number of pyridine rings is 1. The third-order valence-electron chi connectivity index (χ3n) is 3.42. The molecule has 0 saturated heterocycles. The van der Waals surface area contributed by atoms with Crippen LogP contribution in [0, 0.1) is 11.9 Å². The molecule has 1 heterocycles. The van der Waals surface area contributed by atoms with Crippen molar-refractivity contribution in [2.45, 2.75) is 31.6 Å². The Morgan fingerprint density at radius 3 is 2.65 bits per heavy atom. The molecule has 17 heavy (non-hydrogen) atoms. The third-order valence-corrected chi connectivity index (χ3v) is 3.42. The molecule has 0 spiro atoms. The molecule has 1 aliphatic carbocycles. The normalized spacial score (nSPS) is 24.4. The largest absolute Gasteiger partial charge is 0.469 e. The van der Waals surface area contributed by atoms with Crippen molar-refractivity contribution in [1.82, 2.24) is 4.98 Å². The molecule has 2 rings (SSSR count). The molecule has 0 aliphatic heterocycles. The van der Waals surface area contributed by atoms with E-state index in [9.17, 15) is 9.18 Å². The van der Waals surface area contributed by atoms with Crippen molar-refractivity contribution in [1.29, 1.82) is 0 Å². The summed E-state index contributed by atoms with van der Waals surface area (Å²) in [5, 5.41) is 0. The minimum atomic E-state index is -0.433. The molecule has 1 saturated carbocycles. The number of aromatic nitrogens is 1. The second-order valence-electron chi connectivity index (χ2n) is 4.46. The van der Waals surface area contributed by atoms with Crippen LogP contribution in [0.2, 0.25) is 0 Å². The van der Waals surface area contributed by atoms with Gasteiger partial charge in [0.1, 0.15) is 0 Å². The van der Waals surface area contributed by atoms with E-state index in [2.05, 4.69) is 4.98 Å². The van der Waals surface area contributed by atoms with E-state index in [0.717, 1.165) is 31.4 Å². The number of rotatable bonds is 2. The smallest absolute Gasteiger partial charge is 0.308 e. The number of ether oxygens (including phenoxy) is 1. The number of nitrogens with zero attached hydrogens (tertiary/aromatic N) is 1. The molecule has 0 aromatic carbocycles. The zero-order valence-corrected chi connectivity index (χ0v) is 9.86. The lowest BCUT2D eigenvalue weighted by Gasteiger charge is -2.26. The maximum atomic E-state index is 13.0. The Kier molecular flexibility index (Phi) is 3.71. The zero-order chi connectivity index (χ0) is 12.3. The van der Waals surface area contributed by atoms with Crippen LogP contribution >= 0.6 is 0 Å². The topological polar surface area (TPSA) is 39.2 Å². The third kappa shape index (κ3) is 2.81. The van der Waals surface area contributed by atoms with E-state index in [0.29, 0.717) is 0 Å². The number of hydrogen-bond donors (Lipinski definition) is 0. The maximum absolute atomic E-state index is 13.0. The van der Waals surface area contributed by atoms with Crippen molar-refractivity contribution in [2.24, 2.45) is 5.92 Å². The first-order chi connectivity index (χ1) is 8.20. The zero-order valence-electron chi connectivity index (χ0n) is 9.86. The number of esters is 1. The summed E-state index contributed by atoms with van der Waals surface area (Å²) in [4.78, 5) is 15.3. The molecule has 0 radical (unpaired) electrons. The second kappa shape index (κ2) is 5.25. The van der Waals surface area contributed by atoms with Crippen LogP contribution in [-0.4, -0.2) is 18.1 Å². The van der Waals surface area contributed by atoms with Gasteiger partial charge in [-0.3, -0.25) is 4.79 Å². The Morgan fingerprint density at radius 2 is 2.06 bits per heavy atom. The summed E-state index contributed by atoms with van der Waals surface area (Å²) in [5.74, 6) is -0.287. The minimum Gasteiger partial charge on any atom is -0.469 e. The van der Waals surface area contributed by atoms with Crippen molar-refractivity contribution in [2.75, 3.05) is 7.11 Å². The number of halogens is 1. The molecule has 0 N–H and O–H groups in total. The van der Waals surface area contributed by atoms with Crippen molar-refractivity contribution in [3.63, 3.8) is 0 Å². The predicted octanol–water partition coefficient (Wildman–Crippen LogP) is 2.67. The summed E-state index contributed by atoms with van der Waals surface area (Å²) in [6.07, 6.45) is 3.34. The summed E-state index contributed by atoms with van der Waals surface area (Å²) in [5.41, 5.74) is 0.799. The fourth-order valence-electron chi connectivity index (χ4n) is 2.44. The van der Waals surface area contributed by atoms with E-state index in [1.807, 2.05) is 6.07 Å². The highest BCUT2D eigenvalue weighted by atomic mass is 19.1. The van der Waals surface area contributed by atoms with E-state index in [-0.39, 0.29) is 17.8 Å². The van der Waals surface area contributed by atoms with Gasteiger partial charge in [0.15, 0.2) is 0 Å². The van der Waals surface area contributed by atoms with E-state index in [1.165, 1.54) is 13.2 Å². The van der Waals surface area contributed by atoms with Gasteiger partial charge in [-0.05, 0) is 37.8 Å². The van der Waals surface area contributed by atoms with Gasteiger partial charge in [-0.1, -0.05) is 6.07 Å². The molecular formula is C13H16FNO2. The molecule has 3 nitrogen and oxygen atoms in total. The molecule has 0 bridgehead atoms. The Morgan fingerprint density at radius 1 is 1.35 bits per heavy atom. The number of methoxy groups -OCH3 is 1. The van der Waals surface area contributed by atoms with Crippen molar-refractivity contribution < 1.29 is 13.9 Å². The molecular weight excluding hydrogens is 221 g/mol. The van der Waals surface area contributed by atoms with Crippen LogP contribution in [0.25, 0.3) is 0 Å². The first kappa shape index (κ1) is 12.0. The van der Waals surface area contributed by atoms with Gasteiger partial charge in [-0.25, -0.2) is 4.98 Å². The van der Waals surface area contributed by atoms with Gasteiger partial charge in [-0.2, -0.15) is 4.39 Å². The maximum Gasteiger partial charge on any atom is 0.308 e. The lowest BCUT2D eigenvalue weighted by molar-refractivity contribution is -0.146. The van der Waals surface area contributed by atoms with Gasteiger partial charge < -0.3 is 4.74 Å². The van der Waals surface area contributed by atoms with Crippen LogP contribution in [0.1, 0.15) is 37.3 Å². The van der Waals surface area contributed by atoms with E-state index in [4.69, 9.17) is 4.74 Å². The highest BCUT2D eigenvalue weighted by Crippen LogP contribution is 2.35. The first-order valence-electron chi connectivity index (χ1n) is 5.91. The lowest BCUT2D eigenvalue weighted by atomic mass is 9.80. The van der Waals surface area contributed by atoms with Gasteiger partial charge in [-0.15, -0.1) is 0 Å². The summed E-state index contributed by atoms with van der Waals surface area (Å²) >= 11 is 0. The van der Waals surface area contributed by atoms with Crippen molar-refractivity contribution in [3.8, 4) is 0 Å². The summed E-state index contributed by atoms with van der Waals surface area (Å²) in [6.45, 7) is 0. The molecule has 92 valence electrons. The SMILES string of the molecule is COC(=O)C1CCC(c2cccc(F)n2)CC1.